The van der Waals surface area contributed by atoms with Crippen LogP contribution >= 0.6 is 0 Å². The van der Waals surface area contributed by atoms with E-state index >= 15 is 0 Å². The van der Waals surface area contributed by atoms with Crippen LogP contribution in [-0.4, -0.2) is 9.55 Å². The fourth-order valence-electron chi connectivity index (χ4n) is 2.07. The van der Waals surface area contributed by atoms with Crippen LogP contribution in [0.15, 0.2) is 41.0 Å². The maximum absolute atomic E-state index is 8.71. The third kappa shape index (κ3) is 1.57. The molecule has 18 heavy (non-hydrogen) atoms. The molecule has 0 aliphatic heterocycles. The summed E-state index contributed by atoms with van der Waals surface area (Å²) in [7, 11) is 1.96. The zero-order valence-electron chi connectivity index (χ0n) is 9.92. The Labute approximate surface area is 104 Å². The van der Waals surface area contributed by atoms with Crippen molar-refractivity contribution in [3.05, 3.63) is 42.2 Å². The Kier molecular flexibility index (Phi) is 2.38. The molecule has 0 unspecified atom stereocenters. The van der Waals surface area contributed by atoms with Crippen LogP contribution in [0.2, 0.25) is 0 Å². The van der Waals surface area contributed by atoms with Gasteiger partial charge in [-0.3, -0.25) is 0 Å². The molecule has 0 aliphatic rings. The lowest BCUT2D eigenvalue weighted by Crippen LogP contribution is -1.90. The van der Waals surface area contributed by atoms with E-state index in [9.17, 15) is 0 Å². The van der Waals surface area contributed by atoms with Gasteiger partial charge in [0, 0.05) is 7.05 Å². The molecule has 0 saturated heterocycles. The molecule has 0 saturated carbocycles. The van der Waals surface area contributed by atoms with E-state index in [1.807, 2.05) is 41.9 Å². The first kappa shape index (κ1) is 10.6. The van der Waals surface area contributed by atoms with E-state index in [1.165, 1.54) is 0 Å². The van der Waals surface area contributed by atoms with E-state index in [2.05, 4.69) is 11.1 Å². The largest absolute Gasteiger partial charge is 0.461 e. The molecule has 0 amide bonds. The van der Waals surface area contributed by atoms with Crippen LogP contribution in [0.4, 0.5) is 0 Å². The van der Waals surface area contributed by atoms with Crippen molar-refractivity contribution in [3.63, 3.8) is 0 Å². The average Bonchev–Trinajstić information content (AvgIpc) is 2.98. The Morgan fingerprint density at radius 3 is 3.00 bits per heavy atom. The summed E-state index contributed by atoms with van der Waals surface area (Å²) in [5.41, 5.74) is 2.90. The zero-order chi connectivity index (χ0) is 12.5. The highest BCUT2D eigenvalue weighted by molar-refractivity contribution is 5.80. The summed E-state index contributed by atoms with van der Waals surface area (Å²) in [6.07, 6.45) is 2.04. The number of aryl methyl sites for hydroxylation is 1. The monoisotopic (exact) mass is 237 g/mol. The third-order valence-corrected chi connectivity index (χ3v) is 2.97. The molecular formula is C14H11N3O. The second-order valence-corrected chi connectivity index (χ2v) is 4.13. The Morgan fingerprint density at radius 1 is 1.39 bits per heavy atom. The summed E-state index contributed by atoms with van der Waals surface area (Å²) in [5.74, 6) is 1.54. The fraction of sp³-hybridized carbons (Fsp3) is 0.143. The summed E-state index contributed by atoms with van der Waals surface area (Å²) < 4.78 is 7.36. The van der Waals surface area contributed by atoms with Gasteiger partial charge in [-0.05, 0) is 29.8 Å². The lowest BCUT2D eigenvalue weighted by atomic mass is 10.1. The van der Waals surface area contributed by atoms with Gasteiger partial charge in [0.2, 0.25) is 0 Å². The van der Waals surface area contributed by atoms with Crippen molar-refractivity contribution < 1.29 is 4.42 Å². The Balaban J connectivity index is 2.19. The molecule has 0 fully saturated rings. The highest BCUT2D eigenvalue weighted by Gasteiger charge is 2.11. The first-order valence-electron chi connectivity index (χ1n) is 5.66. The molecule has 0 N–H and O–H groups in total. The van der Waals surface area contributed by atoms with E-state index in [0.29, 0.717) is 6.42 Å². The minimum absolute atomic E-state index is 0.405. The van der Waals surface area contributed by atoms with Gasteiger partial charge in [0.1, 0.15) is 0 Å². The molecule has 0 atom stereocenters. The summed E-state index contributed by atoms with van der Waals surface area (Å²) >= 11 is 0. The number of benzene rings is 1. The predicted octanol–water partition coefficient (Wildman–Crippen LogP) is 2.90. The fourth-order valence-corrected chi connectivity index (χ4v) is 2.07. The number of nitriles is 1. The first-order chi connectivity index (χ1) is 8.79. The number of hydrogen-bond acceptors (Lipinski definition) is 3. The molecule has 88 valence electrons. The zero-order valence-corrected chi connectivity index (χ0v) is 9.92. The van der Waals surface area contributed by atoms with E-state index in [4.69, 9.17) is 9.68 Å². The molecular weight excluding hydrogens is 226 g/mol. The van der Waals surface area contributed by atoms with Crippen LogP contribution in [0.3, 0.4) is 0 Å². The third-order valence-electron chi connectivity index (χ3n) is 2.97. The summed E-state index contributed by atoms with van der Waals surface area (Å²) in [5, 5.41) is 8.71. The van der Waals surface area contributed by atoms with Gasteiger partial charge in [-0.2, -0.15) is 5.26 Å². The second kappa shape index (κ2) is 4.04. The van der Waals surface area contributed by atoms with Crippen molar-refractivity contribution in [2.24, 2.45) is 7.05 Å². The highest BCUT2D eigenvalue weighted by Crippen LogP contribution is 2.24. The molecule has 0 radical (unpaired) electrons. The molecule has 0 bridgehead atoms. The van der Waals surface area contributed by atoms with Crippen molar-refractivity contribution in [3.8, 4) is 17.7 Å². The van der Waals surface area contributed by atoms with E-state index in [0.717, 1.165) is 28.2 Å². The minimum Gasteiger partial charge on any atom is -0.461 e. The quantitative estimate of drug-likeness (QED) is 0.688. The van der Waals surface area contributed by atoms with Crippen molar-refractivity contribution >= 4 is 11.0 Å². The van der Waals surface area contributed by atoms with Gasteiger partial charge in [-0.15, -0.1) is 0 Å². The number of furan rings is 1. The lowest BCUT2D eigenvalue weighted by molar-refractivity contribution is 0.574. The van der Waals surface area contributed by atoms with Gasteiger partial charge in [-0.25, -0.2) is 4.98 Å². The minimum atomic E-state index is 0.405. The first-order valence-corrected chi connectivity index (χ1v) is 5.66. The molecule has 4 nitrogen and oxygen atoms in total. The topological polar surface area (TPSA) is 54.8 Å². The van der Waals surface area contributed by atoms with Gasteiger partial charge in [0.15, 0.2) is 11.6 Å². The molecule has 3 rings (SSSR count). The summed E-state index contributed by atoms with van der Waals surface area (Å²) in [6, 6.07) is 11.8. The maximum atomic E-state index is 8.71. The summed E-state index contributed by atoms with van der Waals surface area (Å²) in [4.78, 5) is 4.56. The smallest absolute Gasteiger partial charge is 0.176 e. The predicted molar refractivity (Wildman–Crippen MR) is 67.7 cm³/mol. The second-order valence-electron chi connectivity index (χ2n) is 4.13. The molecule has 4 heteroatoms. The lowest BCUT2D eigenvalue weighted by Gasteiger charge is -1.98. The van der Waals surface area contributed by atoms with Crippen LogP contribution in [-0.2, 0) is 13.5 Å². The Morgan fingerprint density at radius 2 is 2.28 bits per heavy atom. The molecule has 2 heterocycles. The SMILES string of the molecule is Cn1c(-c2ccco2)nc2cc(CC#N)ccc21. The van der Waals surface area contributed by atoms with Crippen LogP contribution in [0.1, 0.15) is 5.56 Å². The average molecular weight is 237 g/mol. The molecule has 3 aromatic rings. The van der Waals surface area contributed by atoms with Gasteiger partial charge in [0.05, 0.1) is 29.8 Å². The molecule has 2 aromatic heterocycles. The number of fused-ring (bicyclic) bond motifs is 1. The Bertz CT molecular complexity index is 732. The van der Waals surface area contributed by atoms with Gasteiger partial charge in [-0.1, -0.05) is 6.07 Å². The van der Waals surface area contributed by atoms with Crippen molar-refractivity contribution in [1.29, 1.82) is 5.26 Å². The van der Waals surface area contributed by atoms with Crippen molar-refractivity contribution in [2.45, 2.75) is 6.42 Å². The molecule has 1 aromatic carbocycles. The van der Waals surface area contributed by atoms with Crippen molar-refractivity contribution in [1.82, 2.24) is 9.55 Å². The van der Waals surface area contributed by atoms with Crippen LogP contribution in [0.25, 0.3) is 22.6 Å². The normalized spacial score (nSPS) is 10.7. The maximum Gasteiger partial charge on any atom is 0.176 e. The van der Waals surface area contributed by atoms with Gasteiger partial charge < -0.3 is 8.98 Å². The van der Waals surface area contributed by atoms with Crippen LogP contribution in [0, 0.1) is 11.3 Å². The molecule has 0 aliphatic carbocycles. The van der Waals surface area contributed by atoms with Gasteiger partial charge >= 0.3 is 0 Å². The van der Waals surface area contributed by atoms with Gasteiger partial charge in [0.25, 0.3) is 0 Å². The number of hydrogen-bond donors (Lipinski definition) is 0. The number of aromatic nitrogens is 2. The van der Waals surface area contributed by atoms with E-state index in [-0.39, 0.29) is 0 Å². The summed E-state index contributed by atoms with van der Waals surface area (Å²) in [6.45, 7) is 0. The number of rotatable bonds is 2. The number of imidazole rings is 1. The highest BCUT2D eigenvalue weighted by atomic mass is 16.3. The Hall–Kier alpha value is -2.54. The van der Waals surface area contributed by atoms with Crippen LogP contribution < -0.4 is 0 Å². The van der Waals surface area contributed by atoms with E-state index in [1.54, 1.807) is 6.26 Å². The van der Waals surface area contributed by atoms with E-state index < -0.39 is 0 Å². The standard InChI is InChI=1S/C14H11N3O/c1-17-12-5-4-10(6-7-15)9-11(12)16-14(17)13-3-2-8-18-13/h2-5,8-9H,6H2,1H3. The molecule has 0 spiro atoms. The van der Waals surface area contributed by atoms with Crippen molar-refractivity contribution in [2.75, 3.05) is 0 Å². The number of nitrogens with zero attached hydrogens (tertiary/aromatic N) is 3. The van der Waals surface area contributed by atoms with Crippen LogP contribution in [0.5, 0.6) is 0 Å².